The highest BCUT2D eigenvalue weighted by Gasteiger charge is 2.61. The van der Waals surface area contributed by atoms with Gasteiger partial charge in [-0.1, -0.05) is 30.3 Å². The lowest BCUT2D eigenvalue weighted by Gasteiger charge is -2.37. The van der Waals surface area contributed by atoms with Crippen LogP contribution in [0.5, 0.6) is 0 Å². The molecule has 0 radical (unpaired) electrons. The van der Waals surface area contributed by atoms with E-state index in [1.807, 2.05) is 12.3 Å². The number of amides is 1. The first-order valence-electron chi connectivity index (χ1n) is 9.79. The number of nitrogens with one attached hydrogen (secondary N) is 1. The maximum atomic E-state index is 13.5. The van der Waals surface area contributed by atoms with Crippen molar-refractivity contribution in [2.24, 2.45) is 5.92 Å². The lowest BCUT2D eigenvalue weighted by Crippen LogP contribution is -2.49. The van der Waals surface area contributed by atoms with Crippen LogP contribution in [-0.4, -0.2) is 35.4 Å². The van der Waals surface area contributed by atoms with Crippen LogP contribution in [0, 0.1) is 5.92 Å². The Bertz CT molecular complexity index is 821. The second kappa shape index (κ2) is 6.20. The summed E-state index contributed by atoms with van der Waals surface area (Å²) in [6, 6.07) is 12.9. The molecule has 5 rings (SSSR count). The number of carbonyl (C=O) groups is 1. The lowest BCUT2D eigenvalue weighted by molar-refractivity contribution is -0.136. The average molecular weight is 347 g/mol. The molecule has 1 aromatic heterocycles. The number of hydrogen-bond donors (Lipinski definition) is 1. The number of piperazine rings is 1. The van der Waals surface area contributed by atoms with E-state index in [0.29, 0.717) is 5.91 Å². The zero-order valence-corrected chi connectivity index (χ0v) is 15.0. The minimum Gasteiger partial charge on any atom is -0.333 e. The van der Waals surface area contributed by atoms with Gasteiger partial charge in [0, 0.05) is 43.4 Å². The van der Waals surface area contributed by atoms with Gasteiger partial charge in [-0.05, 0) is 48.4 Å². The maximum absolute atomic E-state index is 13.5. The molecule has 2 fully saturated rings. The van der Waals surface area contributed by atoms with E-state index in [2.05, 4.69) is 45.5 Å². The van der Waals surface area contributed by atoms with Gasteiger partial charge in [-0.2, -0.15) is 0 Å². The topological polar surface area (TPSA) is 45.2 Å². The zero-order chi connectivity index (χ0) is 17.6. The number of rotatable bonds is 2. The highest BCUT2D eigenvalue weighted by molar-refractivity contribution is 5.85. The minimum absolute atomic E-state index is 0.0986. The predicted octanol–water partition coefficient (Wildman–Crippen LogP) is 2.85. The number of hydrogen-bond acceptors (Lipinski definition) is 3. The van der Waals surface area contributed by atoms with Crippen LogP contribution in [-0.2, 0) is 16.6 Å². The summed E-state index contributed by atoms with van der Waals surface area (Å²) in [5.41, 5.74) is 4.14. The fourth-order valence-corrected chi connectivity index (χ4v) is 5.20. The van der Waals surface area contributed by atoms with E-state index in [0.717, 1.165) is 44.5 Å². The van der Waals surface area contributed by atoms with E-state index in [-0.39, 0.29) is 17.4 Å². The molecule has 1 N–H and O–H groups in total. The van der Waals surface area contributed by atoms with Crippen molar-refractivity contribution in [3.63, 3.8) is 0 Å². The molecule has 26 heavy (non-hydrogen) atoms. The van der Waals surface area contributed by atoms with Crippen molar-refractivity contribution in [2.45, 2.75) is 37.1 Å². The molecule has 2 heterocycles. The van der Waals surface area contributed by atoms with Crippen LogP contribution in [0.15, 0.2) is 48.8 Å². The van der Waals surface area contributed by atoms with Crippen LogP contribution in [0.1, 0.15) is 42.0 Å². The molecule has 1 saturated carbocycles. The fraction of sp³-hybridized carbons (Fsp3) is 0.455. The Morgan fingerprint density at radius 3 is 3.04 bits per heavy atom. The third-order valence-electron chi connectivity index (χ3n) is 6.59. The molecule has 2 aliphatic carbocycles. The molecule has 0 bridgehead atoms. The largest absolute Gasteiger partial charge is 0.333 e. The lowest BCUT2D eigenvalue weighted by atomic mass is 9.78. The Morgan fingerprint density at radius 2 is 2.15 bits per heavy atom. The second-order valence-corrected chi connectivity index (χ2v) is 7.96. The van der Waals surface area contributed by atoms with Crippen LogP contribution in [0.25, 0.3) is 0 Å². The average Bonchev–Trinajstić information content (AvgIpc) is 3.43. The first kappa shape index (κ1) is 16.0. The zero-order valence-electron chi connectivity index (χ0n) is 15.0. The van der Waals surface area contributed by atoms with E-state index in [4.69, 9.17) is 0 Å². The van der Waals surface area contributed by atoms with E-state index in [9.17, 15) is 4.79 Å². The molecular formula is C22H25N3O. The third kappa shape index (κ3) is 2.47. The summed E-state index contributed by atoms with van der Waals surface area (Å²) in [4.78, 5) is 19.9. The van der Waals surface area contributed by atoms with Gasteiger partial charge >= 0.3 is 0 Å². The van der Waals surface area contributed by atoms with Gasteiger partial charge < -0.3 is 10.2 Å². The Morgan fingerprint density at radius 1 is 1.23 bits per heavy atom. The Kier molecular flexibility index (Phi) is 3.82. The normalized spacial score (nSPS) is 30.1. The van der Waals surface area contributed by atoms with Crippen molar-refractivity contribution in [3.8, 4) is 0 Å². The predicted molar refractivity (Wildman–Crippen MR) is 101 cm³/mol. The number of carbonyl (C=O) groups excluding carboxylic acids is 1. The summed E-state index contributed by atoms with van der Waals surface area (Å²) in [5, 5.41) is 3.44. The summed E-state index contributed by atoms with van der Waals surface area (Å²) in [6.45, 7) is 2.47. The quantitative estimate of drug-likeness (QED) is 0.909. The van der Waals surface area contributed by atoms with Crippen LogP contribution in [0.3, 0.4) is 0 Å². The molecule has 4 nitrogen and oxygen atoms in total. The van der Waals surface area contributed by atoms with Gasteiger partial charge in [0.1, 0.15) is 0 Å². The maximum Gasteiger partial charge on any atom is 0.227 e. The highest BCUT2D eigenvalue weighted by Crippen LogP contribution is 2.61. The number of aromatic nitrogens is 1. The highest BCUT2D eigenvalue weighted by atomic mass is 16.2. The summed E-state index contributed by atoms with van der Waals surface area (Å²) in [7, 11) is 0. The van der Waals surface area contributed by atoms with E-state index in [1.165, 1.54) is 17.5 Å². The van der Waals surface area contributed by atoms with Crippen molar-refractivity contribution in [1.29, 1.82) is 0 Å². The Hall–Kier alpha value is -2.20. The number of benzene rings is 1. The molecular weight excluding hydrogens is 322 g/mol. The van der Waals surface area contributed by atoms with Crippen molar-refractivity contribution in [1.82, 2.24) is 15.2 Å². The van der Waals surface area contributed by atoms with E-state index in [1.54, 1.807) is 6.20 Å². The number of nitrogens with zero attached hydrogens (tertiary/aromatic N) is 2. The van der Waals surface area contributed by atoms with Crippen LogP contribution in [0.4, 0.5) is 0 Å². The first-order chi connectivity index (χ1) is 12.8. The molecule has 134 valence electrons. The third-order valence-corrected chi connectivity index (χ3v) is 6.59. The Labute approximate surface area is 154 Å². The van der Waals surface area contributed by atoms with Gasteiger partial charge in [0.05, 0.1) is 6.04 Å². The molecule has 3 atom stereocenters. The molecule has 3 unspecified atom stereocenters. The number of fused-ring (bicyclic) bond motifs is 2. The van der Waals surface area contributed by atoms with Gasteiger partial charge in [0.2, 0.25) is 5.91 Å². The summed E-state index contributed by atoms with van der Waals surface area (Å²) >= 11 is 0. The van der Waals surface area contributed by atoms with Crippen molar-refractivity contribution in [2.75, 3.05) is 19.6 Å². The van der Waals surface area contributed by atoms with Gasteiger partial charge in [0.15, 0.2) is 0 Å². The van der Waals surface area contributed by atoms with Gasteiger partial charge in [-0.3, -0.25) is 9.78 Å². The molecule has 2 aromatic rings. The molecule has 1 spiro atoms. The first-order valence-corrected chi connectivity index (χ1v) is 9.79. The molecule has 1 amide bonds. The fourth-order valence-electron chi connectivity index (χ4n) is 5.20. The second-order valence-electron chi connectivity index (χ2n) is 7.96. The summed E-state index contributed by atoms with van der Waals surface area (Å²) in [6.07, 6.45) is 8.23. The van der Waals surface area contributed by atoms with Gasteiger partial charge in [-0.25, -0.2) is 0 Å². The van der Waals surface area contributed by atoms with Crippen LogP contribution >= 0.6 is 0 Å². The van der Waals surface area contributed by atoms with E-state index >= 15 is 0 Å². The van der Waals surface area contributed by atoms with Gasteiger partial charge in [-0.15, -0.1) is 0 Å². The molecule has 3 aliphatic rings. The molecule has 1 aromatic carbocycles. The standard InChI is InChI=1S/C22H25N3O/c26-21(25-12-11-24-15-20(25)17-7-4-10-23-14-17)19-13-22(19)9-3-6-16-5-1-2-8-18(16)22/h1-2,4-5,7-8,10,14,19-20,24H,3,6,9,11-13,15H2. The number of pyridine rings is 1. The van der Waals surface area contributed by atoms with Crippen LogP contribution < -0.4 is 5.32 Å². The SMILES string of the molecule is O=C(C1CC12CCCc1ccccc12)N1CCNCC1c1cccnc1. The minimum atomic E-state index is 0.0986. The number of aryl methyl sites for hydroxylation is 1. The molecule has 1 saturated heterocycles. The molecule has 1 aliphatic heterocycles. The van der Waals surface area contributed by atoms with Crippen molar-refractivity contribution < 1.29 is 4.79 Å². The Balaban J connectivity index is 1.42. The van der Waals surface area contributed by atoms with Crippen LogP contribution in [0.2, 0.25) is 0 Å². The summed E-state index contributed by atoms with van der Waals surface area (Å²) in [5.74, 6) is 0.498. The monoisotopic (exact) mass is 347 g/mol. The smallest absolute Gasteiger partial charge is 0.227 e. The van der Waals surface area contributed by atoms with Crippen molar-refractivity contribution >= 4 is 5.91 Å². The molecule has 4 heteroatoms. The van der Waals surface area contributed by atoms with Gasteiger partial charge in [0.25, 0.3) is 0 Å². The van der Waals surface area contributed by atoms with E-state index < -0.39 is 0 Å². The summed E-state index contributed by atoms with van der Waals surface area (Å²) < 4.78 is 0. The van der Waals surface area contributed by atoms with Crippen molar-refractivity contribution in [3.05, 3.63) is 65.5 Å².